The van der Waals surface area contributed by atoms with Crippen LogP contribution in [0.15, 0.2) is 6.33 Å². The van der Waals surface area contributed by atoms with Gasteiger partial charge in [0.2, 0.25) is 0 Å². The Morgan fingerprint density at radius 2 is 2.44 bits per heavy atom. The summed E-state index contributed by atoms with van der Waals surface area (Å²) >= 11 is 0. The van der Waals surface area contributed by atoms with Crippen LogP contribution in [-0.2, 0) is 7.05 Å². The molecule has 1 unspecified atom stereocenters. The number of hydrogen-bond acceptors (Lipinski definition) is 3. The lowest BCUT2D eigenvalue weighted by atomic mass is 10.4. The average molecular weight is 127 g/mol. The number of aromatic nitrogens is 3. The molecule has 0 aliphatic carbocycles. The molecule has 1 aromatic heterocycles. The van der Waals surface area contributed by atoms with Crippen LogP contribution in [0.4, 0.5) is 0 Å². The monoisotopic (exact) mass is 127 g/mol. The summed E-state index contributed by atoms with van der Waals surface area (Å²) in [6.07, 6.45) is 0.994. The Bertz CT molecular complexity index is 194. The van der Waals surface area contributed by atoms with Gasteiger partial charge in [0, 0.05) is 7.05 Å². The van der Waals surface area contributed by atoms with Gasteiger partial charge in [-0.3, -0.25) is 4.68 Å². The number of hydrogen-bond donors (Lipinski definition) is 1. The van der Waals surface area contributed by atoms with Gasteiger partial charge < -0.3 is 5.11 Å². The fraction of sp³-hybridized carbons (Fsp3) is 0.600. The molecule has 0 amide bonds. The molecule has 0 fully saturated rings. The molecular formula is C5H9N3O. The molecule has 1 aromatic rings. The van der Waals surface area contributed by atoms with Crippen LogP contribution in [0.25, 0.3) is 0 Å². The lowest BCUT2D eigenvalue weighted by Gasteiger charge is -1.93. The van der Waals surface area contributed by atoms with Crippen LogP contribution in [-0.4, -0.2) is 19.9 Å². The summed E-state index contributed by atoms with van der Waals surface area (Å²) in [4.78, 5) is 3.82. The highest BCUT2D eigenvalue weighted by Gasteiger charge is 2.03. The maximum absolute atomic E-state index is 8.90. The number of rotatable bonds is 1. The first-order chi connectivity index (χ1) is 4.20. The minimum Gasteiger partial charge on any atom is -0.385 e. The van der Waals surface area contributed by atoms with Crippen LogP contribution in [0, 0.1) is 0 Å². The van der Waals surface area contributed by atoms with Crippen molar-refractivity contribution in [2.45, 2.75) is 13.0 Å². The van der Waals surface area contributed by atoms with E-state index >= 15 is 0 Å². The van der Waals surface area contributed by atoms with Crippen molar-refractivity contribution in [1.82, 2.24) is 14.8 Å². The first-order valence-electron chi connectivity index (χ1n) is 2.74. The van der Waals surface area contributed by atoms with Crippen molar-refractivity contribution in [2.24, 2.45) is 7.05 Å². The molecule has 0 aliphatic heterocycles. The summed E-state index contributed by atoms with van der Waals surface area (Å²) in [5, 5.41) is 12.8. The van der Waals surface area contributed by atoms with Crippen LogP contribution >= 0.6 is 0 Å². The van der Waals surface area contributed by atoms with E-state index in [2.05, 4.69) is 10.1 Å². The second-order valence-electron chi connectivity index (χ2n) is 1.95. The van der Waals surface area contributed by atoms with Crippen LogP contribution in [0.2, 0.25) is 0 Å². The van der Waals surface area contributed by atoms with Crippen LogP contribution in [0.3, 0.4) is 0 Å². The van der Waals surface area contributed by atoms with Gasteiger partial charge in [0.05, 0.1) is 0 Å². The van der Waals surface area contributed by atoms with E-state index in [4.69, 9.17) is 5.11 Å². The minimum atomic E-state index is -0.564. The van der Waals surface area contributed by atoms with Gasteiger partial charge in [-0.05, 0) is 6.92 Å². The summed E-state index contributed by atoms with van der Waals surface area (Å²) in [7, 11) is 1.76. The van der Waals surface area contributed by atoms with Crippen molar-refractivity contribution >= 4 is 0 Å². The summed E-state index contributed by atoms with van der Waals surface area (Å²) in [5.41, 5.74) is 0. The molecule has 50 valence electrons. The molecule has 0 aromatic carbocycles. The van der Waals surface area contributed by atoms with Gasteiger partial charge in [-0.25, -0.2) is 4.98 Å². The Kier molecular flexibility index (Phi) is 1.48. The molecule has 1 atom stereocenters. The lowest BCUT2D eigenvalue weighted by molar-refractivity contribution is 0.188. The fourth-order valence-electron chi connectivity index (χ4n) is 0.547. The van der Waals surface area contributed by atoms with Gasteiger partial charge in [0.15, 0.2) is 5.82 Å². The van der Waals surface area contributed by atoms with E-state index in [1.54, 1.807) is 25.0 Å². The Balaban J connectivity index is 2.85. The van der Waals surface area contributed by atoms with Crippen molar-refractivity contribution in [3.05, 3.63) is 12.2 Å². The molecule has 9 heavy (non-hydrogen) atoms. The Morgan fingerprint density at radius 1 is 1.78 bits per heavy atom. The zero-order chi connectivity index (χ0) is 6.85. The van der Waals surface area contributed by atoms with E-state index in [1.807, 2.05) is 0 Å². The van der Waals surface area contributed by atoms with Crippen LogP contribution in [0.1, 0.15) is 18.9 Å². The SMILES string of the molecule is CC(O)c1ncn(C)n1. The molecule has 0 aliphatic rings. The molecule has 0 spiro atoms. The highest BCUT2D eigenvalue weighted by molar-refractivity contribution is 4.83. The highest BCUT2D eigenvalue weighted by atomic mass is 16.3. The van der Waals surface area contributed by atoms with Gasteiger partial charge >= 0.3 is 0 Å². The smallest absolute Gasteiger partial charge is 0.178 e. The van der Waals surface area contributed by atoms with Gasteiger partial charge in [0.25, 0.3) is 0 Å². The fourth-order valence-corrected chi connectivity index (χ4v) is 0.547. The Labute approximate surface area is 53.1 Å². The number of aliphatic hydroxyl groups excluding tert-OH is 1. The first kappa shape index (κ1) is 6.22. The summed E-state index contributed by atoms with van der Waals surface area (Å²) in [6.45, 7) is 1.63. The molecule has 0 radical (unpaired) electrons. The third-order valence-corrected chi connectivity index (χ3v) is 0.991. The lowest BCUT2D eigenvalue weighted by Crippen LogP contribution is -1.95. The van der Waals surface area contributed by atoms with E-state index in [-0.39, 0.29) is 0 Å². The minimum absolute atomic E-state index is 0.470. The number of aryl methyl sites for hydroxylation is 1. The second kappa shape index (κ2) is 2.14. The summed E-state index contributed by atoms with van der Waals surface area (Å²) in [5.74, 6) is 0.470. The molecule has 0 bridgehead atoms. The Morgan fingerprint density at radius 3 is 2.67 bits per heavy atom. The summed E-state index contributed by atoms with van der Waals surface area (Å²) in [6, 6.07) is 0. The maximum Gasteiger partial charge on any atom is 0.178 e. The van der Waals surface area contributed by atoms with Crippen molar-refractivity contribution in [1.29, 1.82) is 0 Å². The Hall–Kier alpha value is -0.900. The van der Waals surface area contributed by atoms with Gasteiger partial charge in [-0.2, -0.15) is 5.10 Å². The van der Waals surface area contributed by atoms with Gasteiger partial charge in [-0.15, -0.1) is 0 Å². The van der Waals surface area contributed by atoms with Crippen molar-refractivity contribution in [3.8, 4) is 0 Å². The molecular weight excluding hydrogens is 118 g/mol. The molecule has 1 heterocycles. The highest BCUT2D eigenvalue weighted by Crippen LogP contribution is 2.01. The van der Waals surface area contributed by atoms with E-state index in [1.165, 1.54) is 0 Å². The maximum atomic E-state index is 8.90. The number of nitrogens with zero attached hydrogens (tertiary/aromatic N) is 3. The van der Waals surface area contributed by atoms with Crippen molar-refractivity contribution < 1.29 is 5.11 Å². The van der Waals surface area contributed by atoms with Gasteiger partial charge in [0.1, 0.15) is 12.4 Å². The molecule has 0 saturated heterocycles. The molecule has 1 rings (SSSR count). The average Bonchev–Trinajstić information content (AvgIpc) is 2.14. The zero-order valence-electron chi connectivity index (χ0n) is 5.44. The van der Waals surface area contributed by atoms with Crippen molar-refractivity contribution in [3.63, 3.8) is 0 Å². The predicted octanol–water partition coefficient (Wildman–Crippen LogP) is -0.132. The number of aliphatic hydroxyl groups is 1. The topological polar surface area (TPSA) is 50.9 Å². The van der Waals surface area contributed by atoms with Crippen molar-refractivity contribution in [2.75, 3.05) is 0 Å². The van der Waals surface area contributed by atoms with E-state index < -0.39 is 6.10 Å². The molecule has 4 nitrogen and oxygen atoms in total. The van der Waals surface area contributed by atoms with E-state index in [0.717, 1.165) is 0 Å². The zero-order valence-corrected chi connectivity index (χ0v) is 5.44. The normalized spacial score (nSPS) is 13.7. The molecule has 0 saturated carbocycles. The first-order valence-corrected chi connectivity index (χ1v) is 2.74. The third-order valence-electron chi connectivity index (χ3n) is 0.991. The predicted molar refractivity (Wildman–Crippen MR) is 31.6 cm³/mol. The van der Waals surface area contributed by atoms with Crippen LogP contribution < -0.4 is 0 Å². The quantitative estimate of drug-likeness (QED) is 0.571. The van der Waals surface area contributed by atoms with E-state index in [9.17, 15) is 0 Å². The van der Waals surface area contributed by atoms with Gasteiger partial charge in [-0.1, -0.05) is 0 Å². The standard InChI is InChI=1S/C5H9N3O/c1-4(9)5-6-3-8(2)7-5/h3-4,9H,1-2H3. The van der Waals surface area contributed by atoms with E-state index in [0.29, 0.717) is 5.82 Å². The second-order valence-corrected chi connectivity index (χ2v) is 1.95. The summed E-state index contributed by atoms with van der Waals surface area (Å²) < 4.78 is 1.56. The molecule has 4 heteroatoms. The van der Waals surface area contributed by atoms with Crippen LogP contribution in [0.5, 0.6) is 0 Å². The largest absolute Gasteiger partial charge is 0.385 e. The molecule has 1 N–H and O–H groups in total. The third kappa shape index (κ3) is 1.26.